The summed E-state index contributed by atoms with van der Waals surface area (Å²) in [5, 5.41) is 0. The molecule has 5 heteroatoms. The maximum absolute atomic E-state index is 13.3. The summed E-state index contributed by atoms with van der Waals surface area (Å²) in [7, 11) is 0. The molecular formula is C27H24O5. The number of benzene rings is 2. The number of hydrogen-bond donors (Lipinski definition) is 0. The summed E-state index contributed by atoms with van der Waals surface area (Å²) in [5.41, 5.74) is 4.13. The van der Waals surface area contributed by atoms with Crippen LogP contribution in [0.25, 0.3) is 11.3 Å². The van der Waals surface area contributed by atoms with E-state index >= 15 is 0 Å². The molecule has 32 heavy (non-hydrogen) atoms. The second-order valence-electron chi connectivity index (χ2n) is 9.29. The minimum absolute atomic E-state index is 0.152. The molecule has 1 aromatic heterocycles. The van der Waals surface area contributed by atoms with Crippen LogP contribution < -0.4 is 0 Å². The molecular weight excluding hydrogens is 404 g/mol. The minimum Gasteiger partial charge on any atom is -0.463 e. The molecule has 1 unspecified atom stereocenters. The Bertz CT molecular complexity index is 1260. The molecule has 0 spiro atoms. The predicted molar refractivity (Wildman–Crippen MR) is 119 cm³/mol. The molecule has 0 radical (unpaired) electrons. The zero-order valence-corrected chi connectivity index (χ0v) is 18.4. The number of carbonyl (C=O) groups is 3. The molecule has 1 heterocycles. The summed E-state index contributed by atoms with van der Waals surface area (Å²) >= 11 is 0. The summed E-state index contributed by atoms with van der Waals surface area (Å²) < 4.78 is 11.6. The molecule has 2 aromatic carbocycles. The van der Waals surface area contributed by atoms with Gasteiger partial charge in [-0.2, -0.15) is 0 Å². The predicted octanol–water partition coefficient (Wildman–Crippen LogP) is 5.53. The van der Waals surface area contributed by atoms with E-state index in [1.807, 2.05) is 42.5 Å². The van der Waals surface area contributed by atoms with Crippen molar-refractivity contribution in [3.8, 4) is 11.3 Å². The van der Waals surface area contributed by atoms with E-state index in [1.165, 1.54) is 6.26 Å². The summed E-state index contributed by atoms with van der Waals surface area (Å²) in [6.07, 6.45) is 2.46. The first-order chi connectivity index (χ1) is 15.3. The van der Waals surface area contributed by atoms with E-state index in [-0.39, 0.29) is 17.8 Å². The summed E-state index contributed by atoms with van der Waals surface area (Å²) in [6, 6.07) is 13.3. The zero-order valence-electron chi connectivity index (χ0n) is 18.4. The number of fused-ring (bicyclic) bond motifs is 5. The van der Waals surface area contributed by atoms with Crippen LogP contribution in [-0.4, -0.2) is 17.5 Å². The highest BCUT2D eigenvalue weighted by Crippen LogP contribution is 2.49. The summed E-state index contributed by atoms with van der Waals surface area (Å²) in [4.78, 5) is 39.0. The quantitative estimate of drug-likeness (QED) is 0.405. The second kappa shape index (κ2) is 7.30. The molecule has 5 nitrogen and oxygen atoms in total. The number of ketones is 2. The number of aryl methyl sites for hydroxylation is 1. The average Bonchev–Trinajstić information content (AvgIpc) is 3.16. The maximum atomic E-state index is 13.3. The number of ether oxygens (including phenoxy) is 1. The lowest BCUT2D eigenvalue weighted by Gasteiger charge is -2.38. The van der Waals surface area contributed by atoms with Crippen molar-refractivity contribution in [1.82, 2.24) is 0 Å². The van der Waals surface area contributed by atoms with Crippen molar-refractivity contribution >= 4 is 17.5 Å². The monoisotopic (exact) mass is 428 g/mol. The fourth-order valence-corrected chi connectivity index (χ4v) is 4.98. The van der Waals surface area contributed by atoms with Crippen LogP contribution in [0.5, 0.6) is 0 Å². The van der Waals surface area contributed by atoms with E-state index in [1.54, 1.807) is 6.92 Å². The number of hydrogen-bond acceptors (Lipinski definition) is 5. The SMILES string of the molecule is Cc1coc2c1C(=O)C(=O)c1c-2ccc2c1C(OC(=O)Cc1ccccc1)CCC2(C)C. The van der Waals surface area contributed by atoms with Crippen molar-refractivity contribution < 1.29 is 23.5 Å². The molecule has 0 fully saturated rings. The fourth-order valence-electron chi connectivity index (χ4n) is 4.98. The molecule has 0 N–H and O–H groups in total. The molecule has 0 amide bonds. The first kappa shape index (κ1) is 20.4. The van der Waals surface area contributed by atoms with Crippen molar-refractivity contribution in [3.63, 3.8) is 0 Å². The van der Waals surface area contributed by atoms with Crippen LogP contribution in [0.3, 0.4) is 0 Å². The number of carbonyl (C=O) groups excluding carboxylic acids is 3. The van der Waals surface area contributed by atoms with E-state index in [0.29, 0.717) is 40.0 Å². The maximum Gasteiger partial charge on any atom is 0.310 e. The van der Waals surface area contributed by atoms with E-state index in [9.17, 15) is 14.4 Å². The lowest BCUT2D eigenvalue weighted by Crippen LogP contribution is -2.33. The van der Waals surface area contributed by atoms with Gasteiger partial charge in [-0.15, -0.1) is 0 Å². The van der Waals surface area contributed by atoms with Crippen LogP contribution in [0.4, 0.5) is 0 Å². The third kappa shape index (κ3) is 3.11. The van der Waals surface area contributed by atoms with Crippen LogP contribution in [0.1, 0.15) is 75.8 Å². The Labute approximate surface area is 186 Å². The van der Waals surface area contributed by atoms with Crippen LogP contribution in [0, 0.1) is 6.92 Å². The zero-order chi connectivity index (χ0) is 22.6. The summed E-state index contributed by atoms with van der Waals surface area (Å²) in [5.74, 6) is -1.06. The van der Waals surface area contributed by atoms with Crippen molar-refractivity contribution in [2.24, 2.45) is 0 Å². The van der Waals surface area contributed by atoms with Gasteiger partial charge in [0, 0.05) is 16.7 Å². The third-order valence-corrected chi connectivity index (χ3v) is 6.67. The Balaban J connectivity index is 1.61. The van der Waals surface area contributed by atoms with E-state index < -0.39 is 17.7 Å². The molecule has 0 aliphatic heterocycles. The molecule has 2 aliphatic carbocycles. The lowest BCUT2D eigenvalue weighted by atomic mass is 9.68. The number of esters is 1. The van der Waals surface area contributed by atoms with Gasteiger partial charge >= 0.3 is 5.97 Å². The number of Topliss-reactive ketones (excluding diaryl/α,β-unsaturated/α-hetero) is 2. The van der Waals surface area contributed by atoms with E-state index in [2.05, 4.69) is 13.8 Å². The highest BCUT2D eigenvalue weighted by Gasteiger charge is 2.43. The van der Waals surface area contributed by atoms with Gasteiger partial charge in [0.2, 0.25) is 11.6 Å². The van der Waals surface area contributed by atoms with Crippen molar-refractivity contribution in [1.29, 1.82) is 0 Å². The molecule has 0 saturated carbocycles. The van der Waals surface area contributed by atoms with Gasteiger partial charge in [0.25, 0.3) is 0 Å². The number of rotatable bonds is 3. The Morgan fingerprint density at radius 2 is 1.78 bits per heavy atom. The van der Waals surface area contributed by atoms with E-state index in [4.69, 9.17) is 9.15 Å². The first-order valence-corrected chi connectivity index (χ1v) is 10.9. The molecule has 5 rings (SSSR count). The van der Waals surface area contributed by atoms with Gasteiger partial charge < -0.3 is 9.15 Å². The smallest absolute Gasteiger partial charge is 0.310 e. The van der Waals surface area contributed by atoms with Gasteiger partial charge in [-0.05, 0) is 41.9 Å². The molecule has 2 aliphatic rings. The highest BCUT2D eigenvalue weighted by atomic mass is 16.5. The second-order valence-corrected chi connectivity index (χ2v) is 9.29. The van der Waals surface area contributed by atoms with Crippen LogP contribution in [0.15, 0.2) is 53.1 Å². The lowest BCUT2D eigenvalue weighted by molar-refractivity contribution is -0.149. The highest BCUT2D eigenvalue weighted by molar-refractivity contribution is 6.53. The third-order valence-electron chi connectivity index (χ3n) is 6.67. The van der Waals surface area contributed by atoms with Crippen molar-refractivity contribution in [2.45, 2.75) is 51.6 Å². The van der Waals surface area contributed by atoms with Crippen LogP contribution in [-0.2, 0) is 21.4 Å². The van der Waals surface area contributed by atoms with Gasteiger partial charge in [0.1, 0.15) is 11.9 Å². The Hall–Kier alpha value is -3.47. The van der Waals surface area contributed by atoms with Crippen molar-refractivity contribution in [2.75, 3.05) is 0 Å². The van der Waals surface area contributed by atoms with E-state index in [0.717, 1.165) is 17.5 Å². The molecule has 0 bridgehead atoms. The minimum atomic E-state index is -0.585. The molecule has 3 aromatic rings. The van der Waals surface area contributed by atoms with Gasteiger partial charge in [0.15, 0.2) is 0 Å². The standard InChI is InChI=1S/C27H24O5/c1-15-14-31-26-17-9-10-18-23(22(17)25(30)24(29)21(15)26)19(11-12-27(18,2)3)32-20(28)13-16-7-5-4-6-8-16/h4-10,14,19H,11-13H2,1-3H3. The van der Waals surface area contributed by atoms with Crippen molar-refractivity contribution in [3.05, 3.63) is 82.1 Å². The van der Waals surface area contributed by atoms with Gasteiger partial charge in [-0.25, -0.2) is 0 Å². The van der Waals surface area contributed by atoms with Gasteiger partial charge in [0.05, 0.1) is 18.2 Å². The Morgan fingerprint density at radius 3 is 2.53 bits per heavy atom. The van der Waals surface area contributed by atoms with Crippen LogP contribution >= 0.6 is 0 Å². The normalized spacial score (nSPS) is 18.5. The topological polar surface area (TPSA) is 73.6 Å². The average molecular weight is 428 g/mol. The Kier molecular flexibility index (Phi) is 4.66. The van der Waals surface area contributed by atoms with Gasteiger partial charge in [-0.3, -0.25) is 14.4 Å². The number of furan rings is 1. The largest absolute Gasteiger partial charge is 0.463 e. The van der Waals surface area contributed by atoms with Crippen LogP contribution in [0.2, 0.25) is 0 Å². The molecule has 1 atom stereocenters. The Morgan fingerprint density at radius 1 is 1.06 bits per heavy atom. The fraction of sp³-hybridized carbons (Fsp3) is 0.296. The first-order valence-electron chi connectivity index (χ1n) is 10.9. The van der Waals surface area contributed by atoms with Gasteiger partial charge in [-0.1, -0.05) is 56.3 Å². The molecule has 0 saturated heterocycles. The summed E-state index contributed by atoms with van der Waals surface area (Å²) in [6.45, 7) is 5.98. The molecule has 162 valence electrons.